The molecule has 0 saturated carbocycles. The zero-order valence-electron chi connectivity index (χ0n) is 20.3. The molecule has 0 aliphatic rings. The number of aliphatic hydroxyl groups excluding tert-OH is 1. The van der Waals surface area contributed by atoms with E-state index in [4.69, 9.17) is 0 Å². The molecule has 5 nitrogen and oxygen atoms in total. The first-order chi connectivity index (χ1) is 15.8. The Balaban J connectivity index is 1.78. The third kappa shape index (κ3) is 6.78. The molecule has 1 aromatic heterocycles. The van der Waals surface area contributed by atoms with Crippen molar-refractivity contribution < 1.29 is 9.90 Å². The molecule has 2 atom stereocenters. The lowest BCUT2D eigenvalue weighted by Crippen LogP contribution is -2.45. The van der Waals surface area contributed by atoms with Crippen LogP contribution in [0.5, 0.6) is 0 Å². The number of benzene rings is 2. The lowest BCUT2D eigenvalue weighted by atomic mass is 9.75. The van der Waals surface area contributed by atoms with Crippen LogP contribution in [0.25, 0.3) is 0 Å². The van der Waals surface area contributed by atoms with Gasteiger partial charge in [-0.05, 0) is 56.6 Å². The van der Waals surface area contributed by atoms with Crippen molar-refractivity contribution in [1.29, 1.82) is 0 Å². The van der Waals surface area contributed by atoms with E-state index in [1.165, 1.54) is 5.56 Å². The summed E-state index contributed by atoms with van der Waals surface area (Å²) in [5.41, 5.74) is 2.14. The van der Waals surface area contributed by atoms with E-state index in [9.17, 15) is 9.90 Å². The summed E-state index contributed by atoms with van der Waals surface area (Å²) in [6.45, 7) is 8.83. The van der Waals surface area contributed by atoms with Crippen molar-refractivity contribution in [2.75, 3.05) is 5.32 Å². The van der Waals surface area contributed by atoms with Crippen LogP contribution in [0.3, 0.4) is 0 Å². The highest BCUT2D eigenvalue weighted by molar-refractivity contribution is 5.94. The molecular formula is C28H37N3O2. The second-order valence-corrected chi connectivity index (χ2v) is 9.68. The maximum absolute atomic E-state index is 13.6. The van der Waals surface area contributed by atoms with Gasteiger partial charge in [0.05, 0.1) is 17.2 Å². The van der Waals surface area contributed by atoms with Gasteiger partial charge in [0.15, 0.2) is 0 Å². The highest BCUT2D eigenvalue weighted by Crippen LogP contribution is 2.32. The third-order valence-corrected chi connectivity index (χ3v) is 6.14. The highest BCUT2D eigenvalue weighted by Gasteiger charge is 2.41. The van der Waals surface area contributed by atoms with Crippen LogP contribution in [0.15, 0.2) is 66.9 Å². The minimum Gasteiger partial charge on any atom is -0.392 e. The Labute approximate surface area is 197 Å². The van der Waals surface area contributed by atoms with E-state index in [2.05, 4.69) is 36.3 Å². The first kappa shape index (κ1) is 24.7. The SMILES string of the molecule is Cc1cn(CC(C)C)c(NC(=O)C(C)(Cc2ccccc2)C(O)CCCc2ccccc2)n1. The summed E-state index contributed by atoms with van der Waals surface area (Å²) in [6.07, 6.45) is 3.86. The number of hydrogen-bond donors (Lipinski definition) is 2. The Hall–Kier alpha value is -2.92. The summed E-state index contributed by atoms with van der Waals surface area (Å²) in [7, 11) is 0. The van der Waals surface area contributed by atoms with Crippen LogP contribution in [-0.4, -0.2) is 26.7 Å². The van der Waals surface area contributed by atoms with Gasteiger partial charge in [-0.15, -0.1) is 0 Å². The molecule has 3 aromatic rings. The van der Waals surface area contributed by atoms with Crippen molar-refractivity contribution in [2.45, 2.75) is 66.0 Å². The van der Waals surface area contributed by atoms with E-state index in [-0.39, 0.29) is 5.91 Å². The predicted molar refractivity (Wildman–Crippen MR) is 134 cm³/mol. The Morgan fingerprint density at radius 3 is 2.27 bits per heavy atom. The summed E-state index contributed by atoms with van der Waals surface area (Å²) >= 11 is 0. The average molecular weight is 448 g/mol. The molecule has 0 aliphatic heterocycles. The standard InChI is InChI=1S/C28H37N3O2/c1-21(2)19-31-20-22(3)29-27(31)30-26(33)28(4,18-24-14-9-6-10-15-24)25(32)17-11-16-23-12-7-5-8-13-23/h5-10,12-15,20-21,25,32H,11,16-19H2,1-4H3,(H,29,30,33). The number of rotatable bonds is 11. The number of carbonyl (C=O) groups is 1. The van der Waals surface area contributed by atoms with Gasteiger partial charge in [-0.3, -0.25) is 10.1 Å². The molecule has 2 unspecified atom stereocenters. The molecule has 1 heterocycles. The lowest BCUT2D eigenvalue weighted by molar-refractivity contribution is -0.131. The first-order valence-corrected chi connectivity index (χ1v) is 11.9. The molecular weight excluding hydrogens is 410 g/mol. The van der Waals surface area contributed by atoms with Gasteiger partial charge in [0.25, 0.3) is 0 Å². The van der Waals surface area contributed by atoms with E-state index in [0.717, 1.165) is 30.6 Å². The van der Waals surface area contributed by atoms with Crippen LogP contribution in [-0.2, 0) is 24.2 Å². The van der Waals surface area contributed by atoms with Crippen LogP contribution in [0.1, 0.15) is 50.4 Å². The summed E-state index contributed by atoms with van der Waals surface area (Å²) in [5.74, 6) is 0.768. The molecule has 0 fully saturated rings. The Kier molecular flexibility index (Phi) is 8.45. The molecule has 33 heavy (non-hydrogen) atoms. The number of nitrogens with zero attached hydrogens (tertiary/aromatic N) is 2. The van der Waals surface area contributed by atoms with Crippen molar-refractivity contribution >= 4 is 11.9 Å². The van der Waals surface area contributed by atoms with Crippen molar-refractivity contribution in [1.82, 2.24) is 9.55 Å². The van der Waals surface area contributed by atoms with Crippen molar-refractivity contribution in [3.63, 3.8) is 0 Å². The normalized spacial score (nSPS) is 14.1. The van der Waals surface area contributed by atoms with E-state index in [0.29, 0.717) is 24.7 Å². The summed E-state index contributed by atoms with van der Waals surface area (Å²) < 4.78 is 1.99. The molecule has 2 N–H and O–H groups in total. The topological polar surface area (TPSA) is 67.2 Å². The third-order valence-electron chi connectivity index (χ3n) is 6.14. The minimum absolute atomic E-state index is 0.200. The second kappa shape index (κ2) is 11.3. The summed E-state index contributed by atoms with van der Waals surface area (Å²) in [4.78, 5) is 18.2. The van der Waals surface area contributed by atoms with Gasteiger partial charge in [-0.25, -0.2) is 4.98 Å². The van der Waals surface area contributed by atoms with E-state index in [1.54, 1.807) is 0 Å². The molecule has 2 aromatic carbocycles. The molecule has 0 spiro atoms. The first-order valence-electron chi connectivity index (χ1n) is 11.9. The molecule has 5 heteroatoms. The maximum atomic E-state index is 13.6. The van der Waals surface area contributed by atoms with Gasteiger partial charge in [0, 0.05) is 12.7 Å². The number of nitrogens with one attached hydrogen (secondary N) is 1. The molecule has 3 rings (SSSR count). The van der Waals surface area contributed by atoms with E-state index in [1.807, 2.05) is 73.1 Å². The van der Waals surface area contributed by atoms with Crippen LogP contribution in [0.4, 0.5) is 5.95 Å². The molecule has 0 radical (unpaired) electrons. The van der Waals surface area contributed by atoms with E-state index < -0.39 is 11.5 Å². The number of amides is 1. The van der Waals surface area contributed by atoms with Gasteiger partial charge in [0.2, 0.25) is 11.9 Å². The number of carbonyl (C=O) groups excluding carboxylic acids is 1. The number of anilines is 1. The minimum atomic E-state index is -0.986. The van der Waals surface area contributed by atoms with Crippen molar-refractivity contribution in [2.24, 2.45) is 11.3 Å². The Morgan fingerprint density at radius 1 is 1.06 bits per heavy atom. The van der Waals surface area contributed by atoms with Crippen LogP contribution in [0, 0.1) is 18.3 Å². The fraction of sp³-hybridized carbons (Fsp3) is 0.429. The lowest BCUT2D eigenvalue weighted by Gasteiger charge is -2.33. The van der Waals surface area contributed by atoms with Crippen LogP contribution in [0.2, 0.25) is 0 Å². The zero-order valence-corrected chi connectivity index (χ0v) is 20.3. The smallest absolute Gasteiger partial charge is 0.235 e. The molecule has 0 bridgehead atoms. The molecule has 0 aliphatic carbocycles. The number of hydrogen-bond acceptors (Lipinski definition) is 3. The predicted octanol–water partition coefficient (Wildman–Crippen LogP) is 5.42. The van der Waals surface area contributed by atoms with E-state index >= 15 is 0 Å². The van der Waals surface area contributed by atoms with Crippen LogP contribution >= 0.6 is 0 Å². The number of aliphatic hydroxyl groups is 1. The number of aryl methyl sites for hydroxylation is 2. The number of imidazole rings is 1. The quantitative estimate of drug-likeness (QED) is 0.412. The maximum Gasteiger partial charge on any atom is 0.235 e. The van der Waals surface area contributed by atoms with Gasteiger partial charge >= 0.3 is 0 Å². The Bertz CT molecular complexity index is 1010. The second-order valence-electron chi connectivity index (χ2n) is 9.68. The fourth-order valence-electron chi connectivity index (χ4n) is 4.26. The largest absolute Gasteiger partial charge is 0.392 e. The van der Waals surface area contributed by atoms with Crippen molar-refractivity contribution in [3.05, 3.63) is 83.7 Å². The number of aromatic nitrogens is 2. The van der Waals surface area contributed by atoms with Gasteiger partial charge in [0.1, 0.15) is 0 Å². The molecule has 1 amide bonds. The molecule has 176 valence electrons. The highest BCUT2D eigenvalue weighted by atomic mass is 16.3. The van der Waals surface area contributed by atoms with Crippen molar-refractivity contribution in [3.8, 4) is 0 Å². The monoisotopic (exact) mass is 447 g/mol. The fourth-order valence-corrected chi connectivity index (χ4v) is 4.26. The Morgan fingerprint density at radius 2 is 1.67 bits per heavy atom. The van der Waals surface area contributed by atoms with Gasteiger partial charge < -0.3 is 9.67 Å². The average Bonchev–Trinajstić information content (AvgIpc) is 3.12. The summed E-state index contributed by atoms with van der Waals surface area (Å²) in [5, 5.41) is 14.3. The molecule has 0 saturated heterocycles. The van der Waals surface area contributed by atoms with Crippen LogP contribution < -0.4 is 5.32 Å². The van der Waals surface area contributed by atoms with Gasteiger partial charge in [-0.2, -0.15) is 0 Å². The summed E-state index contributed by atoms with van der Waals surface area (Å²) in [6, 6.07) is 20.2. The van der Waals surface area contributed by atoms with Gasteiger partial charge in [-0.1, -0.05) is 74.5 Å². The zero-order chi connectivity index (χ0) is 23.8.